The molecule has 0 aromatic carbocycles. The second-order valence-corrected chi connectivity index (χ2v) is 15.8. The van der Waals surface area contributed by atoms with Crippen LogP contribution < -0.4 is 0 Å². The van der Waals surface area contributed by atoms with Crippen LogP contribution in [0, 0.1) is 56.7 Å². The number of rotatable bonds is 6. The van der Waals surface area contributed by atoms with E-state index in [1.165, 1.54) is 37.7 Å². The Morgan fingerprint density at radius 3 is 2.21 bits per heavy atom. The lowest BCUT2D eigenvalue weighted by Gasteiger charge is -2.73. The summed E-state index contributed by atoms with van der Waals surface area (Å²) in [5, 5.41) is 0. The summed E-state index contributed by atoms with van der Waals surface area (Å²) >= 11 is 0. The monoisotopic (exact) mass is 540 g/mol. The normalized spacial score (nSPS) is 48.2. The first-order valence-electron chi connectivity index (χ1n) is 16.1. The van der Waals surface area contributed by atoms with Crippen LogP contribution in [0.2, 0.25) is 0 Å². The van der Waals surface area contributed by atoms with Gasteiger partial charge in [0.2, 0.25) is 0 Å². The molecule has 0 radical (unpaired) electrons. The molecule has 0 bridgehead atoms. The summed E-state index contributed by atoms with van der Waals surface area (Å²) in [5.74, 6) is 2.38. The average molecular weight is 541 g/mol. The standard InChI is InChI=1S/C35H56O4/c1-10-39-29(37)21-27(36)35-18-13-23(22(2)3)30(35)24-11-12-26-32(6)16-15-28(38-9)31(4,5)25(32)14-17-34(26,8)33(24,7)19-20-35/h23-26,28,30H,2,10-21H2,1,3-9H3/t23-,24+,25-,26+,28-,30+,32-,33+,34+,35+/m0/s1. The van der Waals surface area contributed by atoms with E-state index in [1.807, 2.05) is 14.0 Å². The molecule has 0 saturated heterocycles. The maximum atomic E-state index is 14.0. The van der Waals surface area contributed by atoms with Gasteiger partial charge >= 0.3 is 5.97 Å². The first-order valence-corrected chi connectivity index (χ1v) is 16.1. The second kappa shape index (κ2) is 9.70. The van der Waals surface area contributed by atoms with Crippen molar-refractivity contribution >= 4 is 11.8 Å². The highest BCUT2D eigenvalue weighted by atomic mass is 16.5. The zero-order valence-electron chi connectivity index (χ0n) is 26.3. The number of hydrogen-bond acceptors (Lipinski definition) is 4. The van der Waals surface area contributed by atoms with Crippen molar-refractivity contribution in [1.82, 2.24) is 0 Å². The lowest BCUT2D eigenvalue weighted by atomic mass is 9.32. The van der Waals surface area contributed by atoms with Crippen molar-refractivity contribution in [3.8, 4) is 0 Å². The van der Waals surface area contributed by atoms with Gasteiger partial charge in [0.15, 0.2) is 0 Å². The van der Waals surface area contributed by atoms with Crippen LogP contribution in [0.3, 0.4) is 0 Å². The Morgan fingerprint density at radius 2 is 1.56 bits per heavy atom. The molecule has 0 unspecified atom stereocenters. The Bertz CT molecular complexity index is 1010. The molecule has 0 aromatic heterocycles. The summed E-state index contributed by atoms with van der Waals surface area (Å²) in [4.78, 5) is 26.5. The molecule has 0 aliphatic heterocycles. The Hall–Kier alpha value is -1.16. The topological polar surface area (TPSA) is 52.6 Å². The third kappa shape index (κ3) is 3.92. The molecular weight excluding hydrogens is 484 g/mol. The number of hydrogen-bond donors (Lipinski definition) is 0. The highest BCUT2D eigenvalue weighted by Crippen LogP contribution is 2.77. The van der Waals surface area contributed by atoms with E-state index in [0.717, 1.165) is 32.1 Å². The van der Waals surface area contributed by atoms with Crippen LogP contribution in [0.5, 0.6) is 0 Å². The van der Waals surface area contributed by atoms with Gasteiger partial charge in [0, 0.05) is 12.5 Å². The lowest BCUT2D eigenvalue weighted by Crippen LogP contribution is -2.67. The van der Waals surface area contributed by atoms with Gasteiger partial charge in [-0.3, -0.25) is 9.59 Å². The van der Waals surface area contributed by atoms with E-state index >= 15 is 0 Å². The van der Waals surface area contributed by atoms with Crippen molar-refractivity contribution in [2.45, 2.75) is 125 Å². The van der Waals surface area contributed by atoms with Gasteiger partial charge < -0.3 is 9.47 Å². The van der Waals surface area contributed by atoms with Crippen LogP contribution in [0.4, 0.5) is 0 Å². The molecule has 5 aliphatic carbocycles. The summed E-state index contributed by atoms with van der Waals surface area (Å²) in [6, 6.07) is 0. The summed E-state index contributed by atoms with van der Waals surface area (Å²) in [7, 11) is 1.91. The van der Waals surface area contributed by atoms with Crippen molar-refractivity contribution in [3.05, 3.63) is 12.2 Å². The first-order chi connectivity index (χ1) is 18.2. The third-order valence-electron chi connectivity index (χ3n) is 14.5. The smallest absolute Gasteiger partial charge is 0.313 e. The Kier molecular flexibility index (Phi) is 7.30. The van der Waals surface area contributed by atoms with E-state index in [2.05, 4.69) is 48.1 Å². The second-order valence-electron chi connectivity index (χ2n) is 15.8. The fraction of sp³-hybridized carbons (Fsp3) is 0.886. The zero-order chi connectivity index (χ0) is 28.6. The fourth-order valence-electron chi connectivity index (χ4n) is 12.5. The molecule has 0 heterocycles. The maximum absolute atomic E-state index is 14.0. The van der Waals surface area contributed by atoms with E-state index in [4.69, 9.17) is 9.47 Å². The van der Waals surface area contributed by atoms with Crippen LogP contribution in [-0.4, -0.2) is 31.6 Å². The van der Waals surface area contributed by atoms with E-state index < -0.39 is 0 Å². The number of carbonyl (C=O) groups excluding carboxylic acids is 2. The molecular formula is C35H56O4. The largest absolute Gasteiger partial charge is 0.466 e. The maximum Gasteiger partial charge on any atom is 0.313 e. The molecule has 5 fully saturated rings. The number of carbonyl (C=O) groups is 2. The Morgan fingerprint density at radius 1 is 0.846 bits per heavy atom. The highest BCUT2D eigenvalue weighted by molar-refractivity contribution is 5.99. The van der Waals surface area contributed by atoms with Gasteiger partial charge in [-0.05, 0) is 129 Å². The van der Waals surface area contributed by atoms with Gasteiger partial charge in [-0.25, -0.2) is 0 Å². The molecule has 39 heavy (non-hydrogen) atoms. The van der Waals surface area contributed by atoms with Crippen molar-refractivity contribution in [2.75, 3.05) is 13.7 Å². The SMILES string of the molecule is C=C(C)[C@@H]1CC[C@]2(C(=O)CC(=O)OCC)CC[C@]3(C)[C@H](CC[C@@H]4[C@@]5(C)CC[C@H](OC)C(C)(C)[C@@H]5CC[C@]43C)[C@@H]12. The fourth-order valence-corrected chi connectivity index (χ4v) is 12.5. The van der Waals surface area contributed by atoms with Crippen molar-refractivity contribution in [3.63, 3.8) is 0 Å². The van der Waals surface area contributed by atoms with Gasteiger partial charge in [0.1, 0.15) is 12.2 Å². The van der Waals surface area contributed by atoms with Gasteiger partial charge in [0.25, 0.3) is 0 Å². The summed E-state index contributed by atoms with van der Waals surface area (Å²) in [5.41, 5.74) is 1.83. The van der Waals surface area contributed by atoms with E-state index in [1.54, 1.807) is 0 Å². The zero-order valence-corrected chi connectivity index (χ0v) is 26.3. The van der Waals surface area contributed by atoms with Crippen LogP contribution in [0.1, 0.15) is 119 Å². The third-order valence-corrected chi connectivity index (χ3v) is 14.5. The van der Waals surface area contributed by atoms with Crippen LogP contribution >= 0.6 is 0 Å². The summed E-state index contributed by atoms with van der Waals surface area (Å²) in [6.45, 7) is 21.6. The van der Waals surface area contributed by atoms with E-state index in [9.17, 15) is 9.59 Å². The van der Waals surface area contributed by atoms with Crippen molar-refractivity contribution < 1.29 is 19.1 Å². The van der Waals surface area contributed by atoms with Crippen molar-refractivity contribution in [1.29, 1.82) is 0 Å². The quantitative estimate of drug-likeness (QED) is 0.194. The number of methoxy groups -OCH3 is 1. The van der Waals surface area contributed by atoms with E-state index in [0.29, 0.717) is 47.7 Å². The van der Waals surface area contributed by atoms with Gasteiger partial charge in [-0.2, -0.15) is 0 Å². The number of esters is 1. The first kappa shape index (κ1) is 29.3. The number of ether oxygens (including phenoxy) is 2. The predicted molar refractivity (Wildman–Crippen MR) is 156 cm³/mol. The molecule has 10 atom stereocenters. The van der Waals surface area contributed by atoms with Crippen molar-refractivity contribution in [2.24, 2.45) is 56.7 Å². The molecule has 4 nitrogen and oxygen atoms in total. The number of fused-ring (bicyclic) bond motifs is 7. The molecule has 4 heteroatoms. The van der Waals surface area contributed by atoms with Gasteiger partial charge in [0.05, 0.1) is 12.7 Å². The highest BCUT2D eigenvalue weighted by Gasteiger charge is 2.71. The molecule has 5 aliphatic rings. The molecule has 220 valence electrons. The lowest BCUT2D eigenvalue weighted by molar-refractivity contribution is -0.248. The summed E-state index contributed by atoms with van der Waals surface area (Å²) in [6.07, 6.45) is 11.7. The minimum absolute atomic E-state index is 0.0634. The number of ketones is 1. The molecule has 0 N–H and O–H groups in total. The van der Waals surface area contributed by atoms with E-state index in [-0.39, 0.29) is 39.8 Å². The molecule has 0 spiro atoms. The molecule has 0 amide bonds. The molecule has 5 saturated carbocycles. The van der Waals surface area contributed by atoms with Gasteiger partial charge in [-0.1, -0.05) is 46.8 Å². The summed E-state index contributed by atoms with van der Waals surface area (Å²) < 4.78 is 11.3. The van der Waals surface area contributed by atoms with Gasteiger partial charge in [-0.15, -0.1) is 0 Å². The van der Waals surface area contributed by atoms with Crippen LogP contribution in [-0.2, 0) is 19.1 Å². The van der Waals surface area contributed by atoms with Crippen LogP contribution in [0.25, 0.3) is 0 Å². The minimum Gasteiger partial charge on any atom is -0.466 e. The molecule has 5 rings (SSSR count). The Labute approximate surface area is 238 Å². The minimum atomic E-state index is -0.386. The average Bonchev–Trinajstić information content (AvgIpc) is 3.26. The number of Topliss-reactive ketones (excluding diaryl/α,β-unsaturated/α-hetero) is 1. The predicted octanol–water partition coefficient (Wildman–Crippen LogP) is 8.18. The Balaban J connectivity index is 1.51. The number of allylic oxidation sites excluding steroid dienone is 1. The van der Waals surface area contributed by atoms with Crippen LogP contribution in [0.15, 0.2) is 12.2 Å². The molecule has 0 aromatic rings.